The molecule has 1 aliphatic heterocycles. The fourth-order valence-corrected chi connectivity index (χ4v) is 3.13. The van der Waals surface area contributed by atoms with Crippen molar-refractivity contribution < 1.29 is 10.1 Å². The lowest BCUT2D eigenvalue weighted by Crippen LogP contribution is -2.85. The van der Waals surface area contributed by atoms with Gasteiger partial charge in [-0.3, -0.25) is 4.79 Å². The van der Waals surface area contributed by atoms with Crippen molar-refractivity contribution in [2.75, 3.05) is 11.4 Å². The number of para-hydroxylation sites is 1. The van der Waals surface area contributed by atoms with E-state index < -0.39 is 0 Å². The van der Waals surface area contributed by atoms with Crippen LogP contribution in [0.3, 0.4) is 0 Å². The maximum Gasteiger partial charge on any atom is 0.282 e. The highest BCUT2D eigenvalue weighted by Gasteiger charge is 2.30. The lowest BCUT2D eigenvalue weighted by atomic mass is 10.1. The highest BCUT2D eigenvalue weighted by Crippen LogP contribution is 2.31. The van der Waals surface area contributed by atoms with E-state index >= 15 is 0 Å². The average molecular weight is 295 g/mol. The first-order valence-electron chi connectivity index (χ1n) is 7.92. The number of fused-ring (bicyclic) bond motifs is 1. The van der Waals surface area contributed by atoms with E-state index in [1.165, 1.54) is 16.7 Å². The van der Waals surface area contributed by atoms with Crippen molar-refractivity contribution >= 4 is 11.6 Å². The molecule has 0 fully saturated rings. The van der Waals surface area contributed by atoms with Crippen LogP contribution in [-0.2, 0) is 17.8 Å². The van der Waals surface area contributed by atoms with E-state index in [-0.39, 0.29) is 11.9 Å². The van der Waals surface area contributed by atoms with Gasteiger partial charge in [-0.2, -0.15) is 0 Å². The van der Waals surface area contributed by atoms with Crippen LogP contribution in [0.15, 0.2) is 48.5 Å². The van der Waals surface area contributed by atoms with Gasteiger partial charge in [0.1, 0.15) is 6.54 Å². The van der Waals surface area contributed by atoms with E-state index in [0.717, 1.165) is 18.7 Å². The summed E-state index contributed by atoms with van der Waals surface area (Å²) in [7, 11) is 0. The Kier molecular flexibility index (Phi) is 4.25. The fourth-order valence-electron chi connectivity index (χ4n) is 3.13. The standard InChI is InChI=1S/C19H22N2O/c1-14-7-9-16(10-8-14)12-20-13-19(22)21-15(2)11-17-5-3-4-6-18(17)21/h3-10,15,20H,11-13H2,1-2H3/p+1/t15-/m0/s1. The van der Waals surface area contributed by atoms with Gasteiger partial charge in [0.05, 0.1) is 0 Å². The number of carbonyl (C=O) groups excluding carboxylic acids is 1. The molecule has 2 N–H and O–H groups in total. The van der Waals surface area contributed by atoms with Crippen molar-refractivity contribution in [2.24, 2.45) is 0 Å². The number of amides is 1. The SMILES string of the molecule is Cc1ccc(C[NH2+]CC(=O)N2c3ccccc3C[C@@H]2C)cc1. The minimum Gasteiger partial charge on any atom is -0.335 e. The summed E-state index contributed by atoms with van der Waals surface area (Å²) >= 11 is 0. The number of carbonyl (C=O) groups is 1. The molecule has 0 radical (unpaired) electrons. The van der Waals surface area contributed by atoms with Crippen LogP contribution in [0.5, 0.6) is 0 Å². The molecule has 22 heavy (non-hydrogen) atoms. The number of hydrogen-bond acceptors (Lipinski definition) is 1. The van der Waals surface area contributed by atoms with Gasteiger partial charge < -0.3 is 10.2 Å². The third-order valence-corrected chi connectivity index (χ3v) is 4.30. The first-order chi connectivity index (χ1) is 10.6. The Hall–Kier alpha value is -2.13. The molecule has 0 unspecified atom stereocenters. The molecule has 0 aliphatic carbocycles. The summed E-state index contributed by atoms with van der Waals surface area (Å²) < 4.78 is 0. The number of aryl methyl sites for hydroxylation is 1. The minimum atomic E-state index is 0.199. The molecule has 3 rings (SSSR count). The Morgan fingerprint density at radius 3 is 2.68 bits per heavy atom. The Bertz CT molecular complexity index is 663. The second kappa shape index (κ2) is 6.32. The number of rotatable bonds is 4. The van der Waals surface area contributed by atoms with E-state index in [0.29, 0.717) is 6.54 Å². The predicted octanol–water partition coefficient (Wildman–Crippen LogP) is 2.04. The zero-order valence-corrected chi connectivity index (χ0v) is 13.3. The van der Waals surface area contributed by atoms with Crippen molar-refractivity contribution in [3.63, 3.8) is 0 Å². The second-order valence-corrected chi connectivity index (χ2v) is 6.13. The molecular formula is C19H23N2O+. The topological polar surface area (TPSA) is 36.9 Å². The monoisotopic (exact) mass is 295 g/mol. The van der Waals surface area contributed by atoms with Crippen molar-refractivity contribution in [2.45, 2.75) is 32.9 Å². The predicted molar refractivity (Wildman–Crippen MR) is 88.8 cm³/mol. The van der Waals surface area contributed by atoms with Crippen LogP contribution in [0.2, 0.25) is 0 Å². The number of nitrogens with zero attached hydrogens (tertiary/aromatic N) is 1. The molecule has 3 nitrogen and oxygen atoms in total. The number of nitrogens with two attached hydrogens (primary N) is 1. The summed E-state index contributed by atoms with van der Waals surface area (Å²) in [5, 5.41) is 2.08. The van der Waals surface area contributed by atoms with Gasteiger partial charge in [-0.05, 0) is 31.9 Å². The van der Waals surface area contributed by atoms with Gasteiger partial charge >= 0.3 is 0 Å². The first-order valence-corrected chi connectivity index (χ1v) is 7.92. The molecule has 114 valence electrons. The van der Waals surface area contributed by atoms with E-state index in [1.54, 1.807) is 0 Å². The van der Waals surface area contributed by atoms with Gasteiger partial charge in [0.15, 0.2) is 6.54 Å². The normalized spacial score (nSPS) is 16.6. The van der Waals surface area contributed by atoms with Gasteiger partial charge in [0.2, 0.25) is 0 Å². The summed E-state index contributed by atoms with van der Waals surface area (Å²) in [4.78, 5) is 14.5. The largest absolute Gasteiger partial charge is 0.335 e. The van der Waals surface area contributed by atoms with Crippen LogP contribution in [0.25, 0.3) is 0 Å². The molecule has 1 aliphatic rings. The Morgan fingerprint density at radius 2 is 1.91 bits per heavy atom. The molecule has 3 heteroatoms. The Labute approximate surface area is 132 Å². The zero-order valence-electron chi connectivity index (χ0n) is 13.3. The van der Waals surface area contributed by atoms with Crippen LogP contribution in [-0.4, -0.2) is 18.5 Å². The smallest absolute Gasteiger partial charge is 0.282 e. The lowest BCUT2D eigenvalue weighted by Gasteiger charge is -2.21. The zero-order chi connectivity index (χ0) is 15.5. The summed E-state index contributed by atoms with van der Waals surface area (Å²) in [6.07, 6.45) is 0.958. The Balaban J connectivity index is 1.59. The van der Waals surface area contributed by atoms with Crippen LogP contribution in [0.1, 0.15) is 23.6 Å². The average Bonchev–Trinajstić information content (AvgIpc) is 2.85. The first kappa shape index (κ1) is 14.8. The molecule has 0 aromatic heterocycles. The van der Waals surface area contributed by atoms with Crippen LogP contribution >= 0.6 is 0 Å². The quantitative estimate of drug-likeness (QED) is 0.921. The van der Waals surface area contributed by atoms with Crippen LogP contribution in [0, 0.1) is 6.92 Å². The number of benzene rings is 2. The molecule has 1 atom stereocenters. The van der Waals surface area contributed by atoms with E-state index in [2.05, 4.69) is 55.6 Å². The molecule has 2 aromatic carbocycles. The third-order valence-electron chi connectivity index (χ3n) is 4.30. The number of hydrogen-bond donors (Lipinski definition) is 1. The van der Waals surface area contributed by atoms with Crippen LogP contribution in [0.4, 0.5) is 5.69 Å². The van der Waals surface area contributed by atoms with Crippen molar-refractivity contribution in [3.05, 3.63) is 65.2 Å². The highest BCUT2D eigenvalue weighted by molar-refractivity contribution is 5.96. The lowest BCUT2D eigenvalue weighted by molar-refractivity contribution is -0.659. The maximum atomic E-state index is 12.6. The molecule has 0 saturated carbocycles. The molecule has 0 spiro atoms. The van der Waals surface area contributed by atoms with Crippen molar-refractivity contribution in [1.29, 1.82) is 0 Å². The van der Waals surface area contributed by atoms with Crippen molar-refractivity contribution in [1.82, 2.24) is 0 Å². The third kappa shape index (κ3) is 3.04. The summed E-state index contributed by atoms with van der Waals surface area (Å²) in [5.74, 6) is 0.199. The molecule has 1 amide bonds. The van der Waals surface area contributed by atoms with Crippen molar-refractivity contribution in [3.8, 4) is 0 Å². The van der Waals surface area contributed by atoms with E-state index in [9.17, 15) is 4.79 Å². The molecule has 0 saturated heterocycles. The summed E-state index contributed by atoms with van der Waals surface area (Å²) in [6, 6.07) is 17.0. The molecule has 2 aromatic rings. The minimum absolute atomic E-state index is 0.199. The number of quaternary nitrogens is 1. The molecule has 1 heterocycles. The summed E-state index contributed by atoms with van der Waals surface area (Å²) in [6.45, 7) is 5.55. The van der Waals surface area contributed by atoms with E-state index in [4.69, 9.17) is 0 Å². The second-order valence-electron chi connectivity index (χ2n) is 6.13. The maximum absolute atomic E-state index is 12.6. The Morgan fingerprint density at radius 1 is 1.18 bits per heavy atom. The van der Waals surface area contributed by atoms with E-state index in [1.807, 2.05) is 17.0 Å². The van der Waals surface area contributed by atoms with Gasteiger partial charge in [0.25, 0.3) is 5.91 Å². The number of anilines is 1. The van der Waals surface area contributed by atoms with Gasteiger partial charge in [-0.15, -0.1) is 0 Å². The van der Waals surface area contributed by atoms with Gasteiger partial charge in [-0.1, -0.05) is 48.0 Å². The highest BCUT2D eigenvalue weighted by atomic mass is 16.2. The van der Waals surface area contributed by atoms with Crippen LogP contribution < -0.4 is 10.2 Å². The molecule has 0 bridgehead atoms. The summed E-state index contributed by atoms with van der Waals surface area (Å²) in [5.41, 5.74) is 4.89. The van der Waals surface area contributed by atoms with Gasteiger partial charge in [0, 0.05) is 17.3 Å². The van der Waals surface area contributed by atoms with Gasteiger partial charge in [-0.25, -0.2) is 0 Å². The molecular weight excluding hydrogens is 272 g/mol. The fraction of sp³-hybridized carbons (Fsp3) is 0.316.